The molecule has 0 aliphatic carbocycles. The molecule has 1 amide bonds. The van der Waals surface area contributed by atoms with Crippen molar-refractivity contribution in [1.82, 2.24) is 14.2 Å². The molecule has 116 valence electrons. The van der Waals surface area contributed by atoms with Gasteiger partial charge in [0.05, 0.1) is 0 Å². The van der Waals surface area contributed by atoms with E-state index in [0.29, 0.717) is 13.1 Å². The second-order valence-corrected chi connectivity index (χ2v) is 7.44. The van der Waals surface area contributed by atoms with Crippen molar-refractivity contribution in [2.24, 2.45) is 5.92 Å². The zero-order valence-electron chi connectivity index (χ0n) is 12.0. The quantitative estimate of drug-likeness (QED) is 0.781. The Bertz CT molecular complexity index is 625. The number of carbonyl (C=O) groups is 1. The van der Waals surface area contributed by atoms with E-state index in [1.807, 2.05) is 13.8 Å². The van der Waals surface area contributed by atoms with Crippen molar-refractivity contribution in [2.75, 3.05) is 26.2 Å². The Hall–Kier alpha value is -1.18. The van der Waals surface area contributed by atoms with Crippen LogP contribution in [0.15, 0.2) is 23.2 Å². The summed E-state index contributed by atoms with van der Waals surface area (Å²) in [5.41, 5.74) is 0. The molecule has 1 saturated heterocycles. The second-order valence-electron chi connectivity index (χ2n) is 5.18. The molecule has 0 atom stereocenters. The number of rotatable bonds is 3. The van der Waals surface area contributed by atoms with Crippen LogP contribution >= 0.6 is 11.6 Å². The van der Waals surface area contributed by atoms with Crippen molar-refractivity contribution in [3.63, 3.8) is 0 Å². The molecule has 0 bridgehead atoms. The molecule has 0 saturated carbocycles. The van der Waals surface area contributed by atoms with Crippen LogP contribution in [-0.4, -0.2) is 54.7 Å². The van der Waals surface area contributed by atoms with Crippen molar-refractivity contribution in [2.45, 2.75) is 18.7 Å². The maximum absolute atomic E-state index is 12.5. The SMILES string of the molecule is CC(C)C(=O)N1CCN(S(=O)(=O)c2cccnc2Cl)CC1. The molecular weight excluding hydrogens is 314 g/mol. The monoisotopic (exact) mass is 331 g/mol. The highest BCUT2D eigenvalue weighted by Crippen LogP contribution is 2.23. The summed E-state index contributed by atoms with van der Waals surface area (Å²) >= 11 is 5.87. The van der Waals surface area contributed by atoms with Crippen LogP contribution in [0.25, 0.3) is 0 Å². The predicted octanol–water partition coefficient (Wildman–Crippen LogP) is 1.22. The van der Waals surface area contributed by atoms with Crippen molar-refractivity contribution >= 4 is 27.5 Å². The summed E-state index contributed by atoms with van der Waals surface area (Å²) in [5.74, 6) is -0.0348. The molecule has 1 aliphatic rings. The largest absolute Gasteiger partial charge is 0.340 e. The lowest BCUT2D eigenvalue weighted by Crippen LogP contribution is -2.51. The minimum atomic E-state index is -3.66. The number of carbonyl (C=O) groups excluding carboxylic acids is 1. The molecular formula is C13H18ClN3O3S. The van der Waals surface area contributed by atoms with E-state index >= 15 is 0 Å². The fourth-order valence-corrected chi connectivity index (χ4v) is 4.07. The van der Waals surface area contributed by atoms with Crippen LogP contribution in [0.5, 0.6) is 0 Å². The lowest BCUT2D eigenvalue weighted by atomic mass is 10.2. The Balaban J connectivity index is 2.12. The molecule has 0 radical (unpaired) electrons. The van der Waals surface area contributed by atoms with Gasteiger partial charge in [0.1, 0.15) is 10.0 Å². The molecule has 0 aromatic carbocycles. The second kappa shape index (κ2) is 6.29. The van der Waals surface area contributed by atoms with E-state index < -0.39 is 10.0 Å². The van der Waals surface area contributed by atoms with Crippen LogP contribution < -0.4 is 0 Å². The van der Waals surface area contributed by atoms with Crippen molar-refractivity contribution in [1.29, 1.82) is 0 Å². The topological polar surface area (TPSA) is 70.6 Å². The number of pyridine rings is 1. The number of amides is 1. The van der Waals surface area contributed by atoms with Gasteiger partial charge in [-0.1, -0.05) is 25.4 Å². The number of aromatic nitrogens is 1. The first-order valence-electron chi connectivity index (χ1n) is 6.73. The third-order valence-electron chi connectivity index (χ3n) is 3.39. The van der Waals surface area contributed by atoms with Gasteiger partial charge in [0, 0.05) is 38.3 Å². The van der Waals surface area contributed by atoms with Crippen LogP contribution in [0.3, 0.4) is 0 Å². The zero-order valence-corrected chi connectivity index (χ0v) is 13.6. The third-order valence-corrected chi connectivity index (χ3v) is 5.73. The van der Waals surface area contributed by atoms with Gasteiger partial charge >= 0.3 is 0 Å². The minimum absolute atomic E-state index is 0.00954. The average Bonchev–Trinajstić information content (AvgIpc) is 2.46. The molecule has 8 heteroatoms. The fraction of sp³-hybridized carbons (Fsp3) is 0.538. The van der Waals surface area contributed by atoms with Gasteiger partial charge in [-0.25, -0.2) is 13.4 Å². The minimum Gasteiger partial charge on any atom is -0.340 e. The smallest absolute Gasteiger partial charge is 0.246 e. The molecule has 0 unspecified atom stereocenters. The number of hydrogen-bond acceptors (Lipinski definition) is 4. The summed E-state index contributed by atoms with van der Waals surface area (Å²) in [6.45, 7) is 5.00. The highest BCUT2D eigenvalue weighted by molar-refractivity contribution is 7.89. The van der Waals surface area contributed by atoms with Gasteiger partial charge in [-0.2, -0.15) is 4.31 Å². The van der Waals surface area contributed by atoms with Crippen LogP contribution in [-0.2, 0) is 14.8 Å². The molecule has 1 aromatic heterocycles. The molecule has 1 fully saturated rings. The Kier molecular flexibility index (Phi) is 4.85. The van der Waals surface area contributed by atoms with E-state index in [2.05, 4.69) is 4.98 Å². The van der Waals surface area contributed by atoms with Crippen molar-refractivity contribution in [3.05, 3.63) is 23.5 Å². The van der Waals surface area contributed by atoms with Crippen molar-refractivity contribution in [3.8, 4) is 0 Å². The normalized spacial score (nSPS) is 17.2. The molecule has 0 N–H and O–H groups in total. The molecule has 2 heterocycles. The first-order valence-corrected chi connectivity index (χ1v) is 8.55. The zero-order chi connectivity index (χ0) is 15.6. The molecule has 1 aliphatic heterocycles. The van der Waals surface area contributed by atoms with E-state index in [0.717, 1.165) is 0 Å². The van der Waals surface area contributed by atoms with E-state index in [-0.39, 0.29) is 35.0 Å². The summed E-state index contributed by atoms with van der Waals surface area (Å²) in [5, 5.41) is -0.0295. The van der Waals surface area contributed by atoms with Gasteiger partial charge < -0.3 is 4.90 Å². The summed E-state index contributed by atoms with van der Waals surface area (Å²) < 4.78 is 26.4. The number of hydrogen-bond donors (Lipinski definition) is 0. The summed E-state index contributed by atoms with van der Waals surface area (Å²) in [6, 6.07) is 2.98. The average molecular weight is 332 g/mol. The van der Waals surface area contributed by atoms with Gasteiger partial charge in [-0.3, -0.25) is 4.79 Å². The van der Waals surface area contributed by atoms with Crippen LogP contribution in [0.1, 0.15) is 13.8 Å². The lowest BCUT2D eigenvalue weighted by Gasteiger charge is -2.34. The highest BCUT2D eigenvalue weighted by atomic mass is 35.5. The van der Waals surface area contributed by atoms with Gasteiger partial charge in [0.2, 0.25) is 15.9 Å². The Labute approximate surface area is 129 Å². The van der Waals surface area contributed by atoms with Crippen molar-refractivity contribution < 1.29 is 13.2 Å². The van der Waals surface area contributed by atoms with E-state index in [1.54, 1.807) is 4.90 Å². The Morgan fingerprint density at radius 2 is 1.90 bits per heavy atom. The maximum Gasteiger partial charge on any atom is 0.246 e. The number of piperazine rings is 1. The molecule has 2 rings (SSSR count). The Morgan fingerprint density at radius 1 is 1.29 bits per heavy atom. The summed E-state index contributed by atoms with van der Waals surface area (Å²) in [7, 11) is -3.66. The van der Waals surface area contributed by atoms with E-state index in [4.69, 9.17) is 11.6 Å². The Morgan fingerprint density at radius 3 is 2.43 bits per heavy atom. The van der Waals surface area contributed by atoms with Gasteiger partial charge in [-0.05, 0) is 12.1 Å². The van der Waals surface area contributed by atoms with Crippen LogP contribution in [0.4, 0.5) is 0 Å². The van der Waals surface area contributed by atoms with Gasteiger partial charge in [-0.15, -0.1) is 0 Å². The highest BCUT2D eigenvalue weighted by Gasteiger charge is 2.32. The maximum atomic E-state index is 12.5. The van der Waals surface area contributed by atoms with E-state index in [9.17, 15) is 13.2 Å². The standard InChI is InChI=1S/C13H18ClN3O3S/c1-10(2)13(18)16-6-8-17(9-7-16)21(19,20)11-4-3-5-15-12(11)14/h3-5,10H,6-9H2,1-2H3. The molecule has 0 spiro atoms. The summed E-state index contributed by atoms with van der Waals surface area (Å²) in [6.07, 6.45) is 1.45. The lowest BCUT2D eigenvalue weighted by molar-refractivity contribution is -0.135. The first kappa shape index (κ1) is 16.2. The third kappa shape index (κ3) is 3.36. The van der Waals surface area contributed by atoms with Crippen LogP contribution in [0, 0.1) is 5.92 Å². The first-order chi connectivity index (χ1) is 9.84. The van der Waals surface area contributed by atoms with Gasteiger partial charge in [0.15, 0.2) is 0 Å². The number of halogens is 1. The molecule has 1 aromatic rings. The number of sulfonamides is 1. The van der Waals surface area contributed by atoms with E-state index in [1.165, 1.54) is 22.6 Å². The fourth-order valence-electron chi connectivity index (χ4n) is 2.22. The van der Waals surface area contributed by atoms with Gasteiger partial charge in [0.25, 0.3) is 0 Å². The predicted molar refractivity (Wildman–Crippen MR) is 79.4 cm³/mol. The molecule has 21 heavy (non-hydrogen) atoms. The summed E-state index contributed by atoms with van der Waals surface area (Å²) in [4.78, 5) is 17.4. The molecule has 6 nitrogen and oxygen atoms in total. The number of nitrogens with zero attached hydrogens (tertiary/aromatic N) is 3. The van der Waals surface area contributed by atoms with Crippen LogP contribution in [0.2, 0.25) is 5.15 Å².